The fraction of sp³-hybridized carbons (Fsp3) is 0.111. The van der Waals surface area contributed by atoms with Crippen molar-refractivity contribution in [2.24, 2.45) is 0 Å². The van der Waals surface area contributed by atoms with Gasteiger partial charge in [0, 0.05) is 23.8 Å². The Labute approximate surface area is 123 Å². The van der Waals surface area contributed by atoms with Crippen molar-refractivity contribution in [2.75, 3.05) is 0 Å². The Bertz CT molecular complexity index is 869. The Hall–Kier alpha value is -2.86. The third-order valence-electron chi connectivity index (χ3n) is 3.75. The Morgan fingerprint density at radius 1 is 1.19 bits per heavy atom. The molecule has 2 aromatic carbocycles. The lowest BCUT2D eigenvalue weighted by molar-refractivity contribution is 0.112. The summed E-state index contributed by atoms with van der Waals surface area (Å²) in [6, 6.07) is 15.6. The van der Waals surface area contributed by atoms with Crippen LogP contribution < -0.4 is 0 Å². The van der Waals surface area contributed by atoms with E-state index in [-0.39, 0.29) is 0 Å². The van der Waals surface area contributed by atoms with E-state index in [9.17, 15) is 4.79 Å². The molecule has 3 nitrogen and oxygen atoms in total. The second-order valence-electron chi connectivity index (χ2n) is 5.13. The van der Waals surface area contributed by atoms with Crippen molar-refractivity contribution < 1.29 is 4.79 Å². The molecule has 0 aliphatic carbocycles. The first-order valence-electron chi connectivity index (χ1n) is 6.75. The molecule has 0 unspecified atom stereocenters. The van der Waals surface area contributed by atoms with Crippen LogP contribution >= 0.6 is 0 Å². The van der Waals surface area contributed by atoms with E-state index in [0.29, 0.717) is 11.1 Å². The van der Waals surface area contributed by atoms with Gasteiger partial charge in [-0.3, -0.25) is 4.79 Å². The van der Waals surface area contributed by atoms with Gasteiger partial charge in [0.2, 0.25) is 0 Å². The highest BCUT2D eigenvalue weighted by molar-refractivity contribution is 5.87. The van der Waals surface area contributed by atoms with Crippen LogP contribution in [0.4, 0.5) is 0 Å². The quantitative estimate of drug-likeness (QED) is 0.684. The number of carbonyl (C=O) groups excluding carboxylic acids is 1. The standard InChI is InChI=1S/C18H14N2O/c1-13-8-14(10-19)2-5-17(13)11-20-7-6-16-4-3-15(12-21)9-18(16)20/h2-9,12H,11H2,1H3. The summed E-state index contributed by atoms with van der Waals surface area (Å²) in [6.07, 6.45) is 2.89. The number of fused-ring (bicyclic) bond motifs is 1. The summed E-state index contributed by atoms with van der Waals surface area (Å²) >= 11 is 0. The summed E-state index contributed by atoms with van der Waals surface area (Å²) < 4.78 is 2.12. The van der Waals surface area contributed by atoms with Gasteiger partial charge in [-0.2, -0.15) is 5.26 Å². The average Bonchev–Trinajstić information content (AvgIpc) is 2.91. The van der Waals surface area contributed by atoms with Gasteiger partial charge in [0.15, 0.2) is 0 Å². The van der Waals surface area contributed by atoms with Gasteiger partial charge in [-0.15, -0.1) is 0 Å². The molecule has 102 valence electrons. The SMILES string of the molecule is Cc1cc(C#N)ccc1Cn1ccc2ccc(C=O)cc21. The maximum atomic E-state index is 10.9. The number of nitriles is 1. The van der Waals surface area contributed by atoms with Gasteiger partial charge in [0.1, 0.15) is 6.29 Å². The summed E-state index contributed by atoms with van der Waals surface area (Å²) in [7, 11) is 0. The number of aldehydes is 1. The average molecular weight is 274 g/mol. The normalized spacial score (nSPS) is 10.5. The van der Waals surface area contributed by atoms with E-state index in [0.717, 1.165) is 29.3 Å². The second-order valence-corrected chi connectivity index (χ2v) is 5.13. The fourth-order valence-corrected chi connectivity index (χ4v) is 2.54. The minimum atomic E-state index is 0.678. The van der Waals surface area contributed by atoms with Crippen LogP contribution in [0.3, 0.4) is 0 Å². The number of aromatic nitrogens is 1. The molecule has 0 atom stereocenters. The van der Waals surface area contributed by atoms with Crippen molar-refractivity contribution in [1.29, 1.82) is 5.26 Å². The molecule has 0 bridgehead atoms. The second kappa shape index (κ2) is 5.26. The zero-order chi connectivity index (χ0) is 14.8. The lowest BCUT2D eigenvalue weighted by Crippen LogP contribution is -2.00. The monoisotopic (exact) mass is 274 g/mol. The van der Waals surface area contributed by atoms with E-state index in [1.54, 1.807) is 0 Å². The first-order chi connectivity index (χ1) is 10.2. The minimum absolute atomic E-state index is 0.678. The summed E-state index contributed by atoms with van der Waals surface area (Å²) in [4.78, 5) is 10.9. The molecule has 3 aromatic rings. The third kappa shape index (κ3) is 2.44. The Morgan fingerprint density at radius 3 is 2.76 bits per heavy atom. The summed E-state index contributed by atoms with van der Waals surface area (Å²) in [5, 5.41) is 10.0. The Morgan fingerprint density at radius 2 is 2.05 bits per heavy atom. The molecule has 0 fully saturated rings. The zero-order valence-electron chi connectivity index (χ0n) is 11.7. The lowest BCUT2D eigenvalue weighted by atomic mass is 10.1. The summed E-state index contributed by atoms with van der Waals surface area (Å²) in [5.74, 6) is 0. The van der Waals surface area contributed by atoms with Crippen molar-refractivity contribution in [3.05, 3.63) is 70.9 Å². The number of rotatable bonds is 3. The van der Waals surface area contributed by atoms with E-state index in [2.05, 4.69) is 10.6 Å². The number of benzene rings is 2. The number of aryl methyl sites for hydroxylation is 1. The predicted octanol–water partition coefficient (Wildman–Crippen LogP) is 3.68. The van der Waals surface area contributed by atoms with Gasteiger partial charge in [-0.1, -0.05) is 18.2 Å². The van der Waals surface area contributed by atoms with Crippen LogP contribution in [-0.4, -0.2) is 10.9 Å². The molecule has 3 rings (SSSR count). The smallest absolute Gasteiger partial charge is 0.150 e. The summed E-state index contributed by atoms with van der Waals surface area (Å²) in [6.45, 7) is 2.74. The molecule has 0 N–H and O–H groups in total. The van der Waals surface area contributed by atoms with Crippen molar-refractivity contribution >= 4 is 17.2 Å². The molecular formula is C18H14N2O. The number of nitrogens with zero attached hydrogens (tertiary/aromatic N) is 2. The zero-order valence-corrected chi connectivity index (χ0v) is 11.7. The van der Waals surface area contributed by atoms with Gasteiger partial charge in [-0.05, 0) is 47.7 Å². The summed E-state index contributed by atoms with van der Waals surface area (Å²) in [5.41, 5.74) is 4.67. The van der Waals surface area contributed by atoms with Crippen LogP contribution in [0.2, 0.25) is 0 Å². The maximum Gasteiger partial charge on any atom is 0.150 e. The van der Waals surface area contributed by atoms with E-state index >= 15 is 0 Å². The molecule has 0 aliphatic rings. The molecule has 0 spiro atoms. The van der Waals surface area contributed by atoms with Crippen molar-refractivity contribution in [3.8, 4) is 6.07 Å². The molecular weight excluding hydrogens is 260 g/mol. The maximum absolute atomic E-state index is 10.9. The highest BCUT2D eigenvalue weighted by atomic mass is 16.1. The number of hydrogen-bond acceptors (Lipinski definition) is 2. The van der Waals surface area contributed by atoms with Gasteiger partial charge < -0.3 is 4.57 Å². The molecule has 21 heavy (non-hydrogen) atoms. The van der Waals surface area contributed by atoms with E-state index in [1.165, 1.54) is 5.56 Å². The van der Waals surface area contributed by atoms with Crippen LogP contribution in [0.5, 0.6) is 0 Å². The van der Waals surface area contributed by atoms with Gasteiger partial charge in [0.25, 0.3) is 0 Å². The minimum Gasteiger partial charge on any atom is -0.343 e. The highest BCUT2D eigenvalue weighted by Crippen LogP contribution is 2.20. The molecule has 0 aliphatic heterocycles. The molecule has 0 radical (unpaired) electrons. The molecule has 0 amide bonds. The molecule has 0 saturated carbocycles. The third-order valence-corrected chi connectivity index (χ3v) is 3.75. The fourth-order valence-electron chi connectivity index (χ4n) is 2.54. The Kier molecular flexibility index (Phi) is 3.29. The first-order valence-corrected chi connectivity index (χ1v) is 6.75. The van der Waals surface area contributed by atoms with Crippen LogP contribution in [0.25, 0.3) is 10.9 Å². The predicted molar refractivity (Wildman–Crippen MR) is 82.3 cm³/mol. The van der Waals surface area contributed by atoms with E-state index in [4.69, 9.17) is 5.26 Å². The van der Waals surface area contributed by atoms with Crippen LogP contribution in [-0.2, 0) is 6.54 Å². The van der Waals surface area contributed by atoms with E-state index in [1.807, 2.05) is 55.6 Å². The molecule has 1 aromatic heterocycles. The largest absolute Gasteiger partial charge is 0.343 e. The molecule has 0 saturated heterocycles. The van der Waals surface area contributed by atoms with E-state index < -0.39 is 0 Å². The van der Waals surface area contributed by atoms with Gasteiger partial charge >= 0.3 is 0 Å². The number of hydrogen-bond donors (Lipinski definition) is 0. The van der Waals surface area contributed by atoms with Crippen LogP contribution in [0.1, 0.15) is 27.0 Å². The van der Waals surface area contributed by atoms with Crippen molar-refractivity contribution in [2.45, 2.75) is 13.5 Å². The topological polar surface area (TPSA) is 45.8 Å². The van der Waals surface area contributed by atoms with Crippen LogP contribution in [0, 0.1) is 18.3 Å². The highest BCUT2D eigenvalue weighted by Gasteiger charge is 2.05. The Balaban J connectivity index is 2.02. The van der Waals surface area contributed by atoms with Gasteiger partial charge in [0.05, 0.1) is 11.6 Å². The van der Waals surface area contributed by atoms with Gasteiger partial charge in [-0.25, -0.2) is 0 Å². The number of carbonyl (C=O) groups is 1. The molecule has 3 heteroatoms. The van der Waals surface area contributed by atoms with Crippen molar-refractivity contribution in [1.82, 2.24) is 4.57 Å². The van der Waals surface area contributed by atoms with Crippen molar-refractivity contribution in [3.63, 3.8) is 0 Å². The van der Waals surface area contributed by atoms with Crippen LogP contribution in [0.15, 0.2) is 48.7 Å². The molecule has 1 heterocycles. The first kappa shape index (κ1) is 13.1. The lowest BCUT2D eigenvalue weighted by Gasteiger charge is -2.09.